The van der Waals surface area contributed by atoms with Crippen molar-refractivity contribution in [3.05, 3.63) is 72.1 Å². The van der Waals surface area contributed by atoms with Crippen LogP contribution < -0.4 is 9.64 Å². The van der Waals surface area contributed by atoms with Crippen LogP contribution >= 0.6 is 0 Å². The Kier molecular flexibility index (Phi) is 5.39. The quantitative estimate of drug-likeness (QED) is 0.637. The lowest BCUT2D eigenvalue weighted by atomic mass is 10.1. The van der Waals surface area contributed by atoms with Crippen molar-refractivity contribution in [2.75, 3.05) is 24.5 Å². The number of carbonyl (C=O) groups excluding carboxylic acids is 2. The van der Waals surface area contributed by atoms with E-state index in [4.69, 9.17) is 4.74 Å². The standard InChI is InChI=1S/C25H26N4O3/c1-18-13-14-26-29(18)20-11-9-19(10-12-20)24(30)28-17-23(25(31)27-15-5-2-6-16-27)32-22-8-4-3-7-21(22)28/h3-4,7-14,23H,2,5-6,15-17H2,1H3/t23-/m1/s1. The van der Waals surface area contributed by atoms with E-state index in [2.05, 4.69) is 5.10 Å². The van der Waals surface area contributed by atoms with E-state index in [9.17, 15) is 9.59 Å². The summed E-state index contributed by atoms with van der Waals surface area (Å²) in [5, 5.41) is 4.32. The molecular weight excluding hydrogens is 404 g/mol. The molecule has 0 N–H and O–H groups in total. The van der Waals surface area contributed by atoms with Gasteiger partial charge in [-0.1, -0.05) is 12.1 Å². The van der Waals surface area contributed by atoms with Crippen molar-refractivity contribution < 1.29 is 14.3 Å². The second-order valence-electron chi connectivity index (χ2n) is 8.31. The van der Waals surface area contributed by atoms with Crippen LogP contribution in [0.3, 0.4) is 0 Å². The Morgan fingerprint density at radius 2 is 1.72 bits per heavy atom. The predicted molar refractivity (Wildman–Crippen MR) is 121 cm³/mol. The molecule has 2 aromatic carbocycles. The van der Waals surface area contributed by atoms with Gasteiger partial charge in [-0.05, 0) is 68.7 Å². The van der Waals surface area contributed by atoms with Crippen molar-refractivity contribution in [1.82, 2.24) is 14.7 Å². The molecule has 32 heavy (non-hydrogen) atoms. The number of benzene rings is 2. The van der Waals surface area contributed by atoms with Gasteiger partial charge in [0.15, 0.2) is 6.10 Å². The highest BCUT2D eigenvalue weighted by Crippen LogP contribution is 2.34. The summed E-state index contributed by atoms with van der Waals surface area (Å²) < 4.78 is 7.87. The lowest BCUT2D eigenvalue weighted by Crippen LogP contribution is -2.52. The Morgan fingerprint density at radius 1 is 0.969 bits per heavy atom. The highest BCUT2D eigenvalue weighted by atomic mass is 16.5. The van der Waals surface area contributed by atoms with E-state index in [0.717, 1.165) is 43.7 Å². The summed E-state index contributed by atoms with van der Waals surface area (Å²) >= 11 is 0. The fraction of sp³-hybridized carbons (Fsp3) is 0.320. The monoisotopic (exact) mass is 430 g/mol. The van der Waals surface area contributed by atoms with Gasteiger partial charge in [0.05, 0.1) is 17.9 Å². The van der Waals surface area contributed by atoms with Crippen LogP contribution in [0.1, 0.15) is 35.3 Å². The van der Waals surface area contributed by atoms with E-state index >= 15 is 0 Å². The van der Waals surface area contributed by atoms with Gasteiger partial charge in [-0.3, -0.25) is 9.59 Å². The Balaban J connectivity index is 1.41. The van der Waals surface area contributed by atoms with Gasteiger partial charge in [0, 0.05) is 30.5 Å². The minimum absolute atomic E-state index is 0.0403. The van der Waals surface area contributed by atoms with Crippen molar-refractivity contribution in [2.45, 2.75) is 32.3 Å². The predicted octanol–water partition coefficient (Wildman–Crippen LogP) is 3.60. The molecule has 2 aliphatic rings. The maximum absolute atomic E-state index is 13.5. The molecule has 1 fully saturated rings. The molecule has 0 spiro atoms. The van der Waals surface area contributed by atoms with Crippen LogP contribution in [0, 0.1) is 6.92 Å². The van der Waals surface area contributed by atoms with Gasteiger partial charge in [-0.25, -0.2) is 4.68 Å². The van der Waals surface area contributed by atoms with Crippen LogP contribution in [0.15, 0.2) is 60.8 Å². The van der Waals surface area contributed by atoms with Crippen molar-refractivity contribution >= 4 is 17.5 Å². The molecule has 2 aliphatic heterocycles. The van der Waals surface area contributed by atoms with Gasteiger partial charge in [0.25, 0.3) is 11.8 Å². The first-order valence-corrected chi connectivity index (χ1v) is 11.1. The topological polar surface area (TPSA) is 67.7 Å². The maximum Gasteiger partial charge on any atom is 0.265 e. The SMILES string of the molecule is Cc1ccnn1-c1ccc(C(=O)N2C[C@H](C(=O)N3CCCCC3)Oc3ccccc32)cc1. The number of para-hydroxylation sites is 2. The molecule has 3 aromatic rings. The van der Waals surface area contributed by atoms with Gasteiger partial charge in [-0.15, -0.1) is 0 Å². The molecule has 1 atom stereocenters. The fourth-order valence-corrected chi connectivity index (χ4v) is 4.41. The molecule has 2 amide bonds. The van der Waals surface area contributed by atoms with Crippen molar-refractivity contribution in [2.24, 2.45) is 0 Å². The molecule has 7 nitrogen and oxygen atoms in total. The molecule has 1 saturated heterocycles. The molecule has 0 radical (unpaired) electrons. The lowest BCUT2D eigenvalue weighted by molar-refractivity contribution is -0.139. The second-order valence-corrected chi connectivity index (χ2v) is 8.31. The number of hydrogen-bond donors (Lipinski definition) is 0. The van der Waals surface area contributed by atoms with Crippen LogP contribution in [0.4, 0.5) is 5.69 Å². The lowest BCUT2D eigenvalue weighted by Gasteiger charge is -2.37. The van der Waals surface area contributed by atoms with E-state index in [-0.39, 0.29) is 18.4 Å². The molecule has 0 aliphatic carbocycles. The third kappa shape index (κ3) is 3.75. The van der Waals surface area contributed by atoms with E-state index < -0.39 is 6.10 Å². The average Bonchev–Trinajstić information content (AvgIpc) is 3.29. The first-order chi connectivity index (χ1) is 15.6. The highest BCUT2D eigenvalue weighted by Gasteiger charge is 2.36. The summed E-state index contributed by atoms with van der Waals surface area (Å²) in [5.41, 5.74) is 3.15. The van der Waals surface area contributed by atoms with Gasteiger partial charge < -0.3 is 14.5 Å². The Morgan fingerprint density at radius 3 is 2.44 bits per heavy atom. The molecule has 164 valence electrons. The number of aryl methyl sites for hydroxylation is 1. The zero-order chi connectivity index (χ0) is 22.1. The minimum atomic E-state index is -0.696. The smallest absolute Gasteiger partial charge is 0.265 e. The van der Waals surface area contributed by atoms with E-state index in [1.165, 1.54) is 0 Å². The van der Waals surface area contributed by atoms with Crippen molar-refractivity contribution in [3.8, 4) is 11.4 Å². The summed E-state index contributed by atoms with van der Waals surface area (Å²) in [4.78, 5) is 30.2. The molecule has 1 aromatic heterocycles. The minimum Gasteiger partial charge on any atom is -0.476 e. The molecule has 0 bridgehead atoms. The Hall–Kier alpha value is -3.61. The number of likely N-dealkylation sites (tertiary alicyclic amines) is 1. The fourth-order valence-electron chi connectivity index (χ4n) is 4.41. The third-order valence-corrected chi connectivity index (χ3v) is 6.15. The molecule has 5 rings (SSSR count). The van der Waals surface area contributed by atoms with Gasteiger partial charge in [-0.2, -0.15) is 5.10 Å². The number of anilines is 1. The number of amides is 2. The van der Waals surface area contributed by atoms with Crippen LogP contribution in [0.5, 0.6) is 5.75 Å². The maximum atomic E-state index is 13.5. The molecule has 0 unspecified atom stereocenters. The normalized spacial score (nSPS) is 18.1. The molecule has 0 saturated carbocycles. The summed E-state index contributed by atoms with van der Waals surface area (Å²) in [7, 11) is 0. The molecular formula is C25H26N4O3. The summed E-state index contributed by atoms with van der Waals surface area (Å²) in [6.07, 6.45) is 4.23. The zero-order valence-electron chi connectivity index (χ0n) is 18.1. The molecule has 7 heteroatoms. The first-order valence-electron chi connectivity index (χ1n) is 11.1. The molecule has 3 heterocycles. The van der Waals surface area contributed by atoms with Crippen molar-refractivity contribution in [3.63, 3.8) is 0 Å². The summed E-state index contributed by atoms with van der Waals surface area (Å²) in [6, 6.07) is 16.7. The highest BCUT2D eigenvalue weighted by molar-refractivity contribution is 6.08. The average molecular weight is 431 g/mol. The first kappa shape index (κ1) is 20.3. The van der Waals surface area contributed by atoms with Crippen LogP contribution in [0.2, 0.25) is 0 Å². The Labute approximate surface area is 187 Å². The largest absolute Gasteiger partial charge is 0.476 e. The zero-order valence-corrected chi connectivity index (χ0v) is 18.1. The van der Waals surface area contributed by atoms with E-state index in [1.54, 1.807) is 23.2 Å². The number of carbonyl (C=O) groups is 2. The van der Waals surface area contributed by atoms with Gasteiger partial charge in [0.1, 0.15) is 5.75 Å². The summed E-state index contributed by atoms with van der Waals surface area (Å²) in [5.74, 6) is 0.369. The second kappa shape index (κ2) is 8.49. The van der Waals surface area contributed by atoms with Gasteiger partial charge in [0.2, 0.25) is 0 Å². The van der Waals surface area contributed by atoms with Crippen molar-refractivity contribution in [1.29, 1.82) is 0 Å². The van der Waals surface area contributed by atoms with E-state index in [1.807, 2.05) is 59.0 Å². The number of ether oxygens (including phenoxy) is 1. The number of rotatable bonds is 3. The van der Waals surface area contributed by atoms with E-state index in [0.29, 0.717) is 17.0 Å². The van der Waals surface area contributed by atoms with Crippen LogP contribution in [-0.4, -0.2) is 52.2 Å². The summed E-state index contributed by atoms with van der Waals surface area (Å²) in [6.45, 7) is 3.69. The number of aromatic nitrogens is 2. The van der Waals surface area contributed by atoms with Crippen LogP contribution in [0.25, 0.3) is 5.69 Å². The third-order valence-electron chi connectivity index (χ3n) is 6.15. The van der Waals surface area contributed by atoms with Crippen LogP contribution in [-0.2, 0) is 4.79 Å². The number of hydrogen-bond acceptors (Lipinski definition) is 4. The number of piperidine rings is 1. The Bertz CT molecular complexity index is 1130. The van der Waals surface area contributed by atoms with Gasteiger partial charge >= 0.3 is 0 Å². The number of fused-ring (bicyclic) bond motifs is 1. The number of nitrogens with zero attached hydrogens (tertiary/aromatic N) is 4.